The molecule has 3 rings (SSSR count). The van der Waals surface area contributed by atoms with Crippen molar-refractivity contribution in [3.05, 3.63) is 29.6 Å². The molecule has 2 saturated heterocycles. The molecule has 2 aliphatic rings. The van der Waals surface area contributed by atoms with Gasteiger partial charge in [0, 0.05) is 43.7 Å². The van der Waals surface area contributed by atoms with Gasteiger partial charge < -0.3 is 20.1 Å². The molecule has 1 aromatic carbocycles. The zero-order chi connectivity index (χ0) is 13.3. The number of benzene rings is 1. The van der Waals surface area contributed by atoms with E-state index >= 15 is 0 Å². The fourth-order valence-corrected chi connectivity index (χ4v) is 2.92. The number of halogens is 1. The zero-order valence-electron chi connectivity index (χ0n) is 10.9. The SMILES string of the molecule is NCc1c(F)cccc1N1CCC2(CC1)OCCO2. The molecule has 2 heterocycles. The van der Waals surface area contributed by atoms with Crippen molar-refractivity contribution in [3.8, 4) is 0 Å². The Morgan fingerprint density at radius 1 is 1.21 bits per heavy atom. The van der Waals surface area contributed by atoms with Crippen LogP contribution in [0.2, 0.25) is 0 Å². The van der Waals surface area contributed by atoms with E-state index in [1.807, 2.05) is 6.07 Å². The number of ether oxygens (including phenoxy) is 2. The molecule has 104 valence electrons. The van der Waals surface area contributed by atoms with E-state index in [1.54, 1.807) is 6.07 Å². The minimum Gasteiger partial charge on any atom is -0.371 e. The molecule has 5 heteroatoms. The summed E-state index contributed by atoms with van der Waals surface area (Å²) < 4.78 is 25.1. The van der Waals surface area contributed by atoms with Gasteiger partial charge in [0.1, 0.15) is 5.82 Å². The highest BCUT2D eigenvalue weighted by molar-refractivity contribution is 5.54. The van der Waals surface area contributed by atoms with E-state index in [4.69, 9.17) is 15.2 Å². The van der Waals surface area contributed by atoms with E-state index in [0.717, 1.165) is 31.6 Å². The maximum absolute atomic E-state index is 13.7. The molecule has 0 radical (unpaired) electrons. The number of hydrogen-bond donors (Lipinski definition) is 1. The van der Waals surface area contributed by atoms with Gasteiger partial charge in [-0.3, -0.25) is 0 Å². The van der Waals surface area contributed by atoms with Crippen LogP contribution < -0.4 is 10.6 Å². The summed E-state index contributed by atoms with van der Waals surface area (Å²) in [6.07, 6.45) is 1.63. The molecule has 19 heavy (non-hydrogen) atoms. The molecule has 0 saturated carbocycles. The smallest absolute Gasteiger partial charge is 0.171 e. The highest BCUT2D eigenvalue weighted by atomic mass is 19.1. The molecule has 2 aliphatic heterocycles. The first-order valence-corrected chi connectivity index (χ1v) is 6.74. The second-order valence-electron chi connectivity index (χ2n) is 5.04. The van der Waals surface area contributed by atoms with E-state index in [2.05, 4.69) is 4.90 Å². The highest BCUT2D eigenvalue weighted by Crippen LogP contribution is 2.34. The third kappa shape index (κ3) is 2.33. The van der Waals surface area contributed by atoms with Crippen molar-refractivity contribution < 1.29 is 13.9 Å². The summed E-state index contributed by atoms with van der Waals surface area (Å²) in [5, 5.41) is 0. The van der Waals surface area contributed by atoms with E-state index in [9.17, 15) is 4.39 Å². The number of nitrogens with two attached hydrogens (primary N) is 1. The Morgan fingerprint density at radius 3 is 2.53 bits per heavy atom. The van der Waals surface area contributed by atoms with Gasteiger partial charge in [0.15, 0.2) is 5.79 Å². The lowest BCUT2D eigenvalue weighted by Gasteiger charge is -2.39. The summed E-state index contributed by atoms with van der Waals surface area (Å²) in [7, 11) is 0. The van der Waals surface area contributed by atoms with Crippen LogP contribution in [0.3, 0.4) is 0 Å². The van der Waals surface area contributed by atoms with Crippen LogP contribution in [-0.4, -0.2) is 32.1 Å². The minimum atomic E-state index is -0.396. The lowest BCUT2D eigenvalue weighted by Crippen LogP contribution is -2.45. The van der Waals surface area contributed by atoms with Crippen LogP contribution in [0.4, 0.5) is 10.1 Å². The van der Waals surface area contributed by atoms with Crippen LogP contribution >= 0.6 is 0 Å². The maximum atomic E-state index is 13.7. The summed E-state index contributed by atoms with van der Waals surface area (Å²) in [5.74, 6) is -0.624. The molecule has 0 atom stereocenters. The summed E-state index contributed by atoms with van der Waals surface area (Å²) >= 11 is 0. The molecular formula is C14H19FN2O2. The van der Waals surface area contributed by atoms with Gasteiger partial charge in [0.05, 0.1) is 13.2 Å². The van der Waals surface area contributed by atoms with Gasteiger partial charge >= 0.3 is 0 Å². The number of piperidine rings is 1. The number of rotatable bonds is 2. The minimum absolute atomic E-state index is 0.219. The van der Waals surface area contributed by atoms with Crippen molar-refractivity contribution in [1.29, 1.82) is 0 Å². The average molecular weight is 266 g/mol. The summed E-state index contributed by atoms with van der Waals surface area (Å²) in [4.78, 5) is 2.17. The first-order chi connectivity index (χ1) is 9.24. The normalized spacial score (nSPS) is 22.1. The number of anilines is 1. The van der Waals surface area contributed by atoms with Crippen molar-refractivity contribution in [2.24, 2.45) is 5.73 Å². The Hall–Kier alpha value is -1.17. The van der Waals surface area contributed by atoms with Gasteiger partial charge in [0.2, 0.25) is 0 Å². The molecule has 4 nitrogen and oxygen atoms in total. The van der Waals surface area contributed by atoms with Crippen molar-refractivity contribution >= 4 is 5.69 Å². The van der Waals surface area contributed by atoms with Crippen molar-refractivity contribution in [2.75, 3.05) is 31.2 Å². The first kappa shape index (κ1) is 12.8. The molecule has 0 bridgehead atoms. The van der Waals surface area contributed by atoms with Crippen LogP contribution in [0, 0.1) is 5.82 Å². The Morgan fingerprint density at radius 2 is 1.89 bits per heavy atom. The van der Waals surface area contributed by atoms with Gasteiger partial charge in [-0.15, -0.1) is 0 Å². The monoisotopic (exact) mass is 266 g/mol. The molecule has 0 aromatic heterocycles. The van der Waals surface area contributed by atoms with E-state index < -0.39 is 5.79 Å². The molecule has 2 fully saturated rings. The van der Waals surface area contributed by atoms with E-state index in [0.29, 0.717) is 18.8 Å². The zero-order valence-corrected chi connectivity index (χ0v) is 10.9. The number of hydrogen-bond acceptors (Lipinski definition) is 4. The Bertz CT molecular complexity index is 451. The van der Waals surface area contributed by atoms with Crippen molar-refractivity contribution in [2.45, 2.75) is 25.2 Å². The maximum Gasteiger partial charge on any atom is 0.171 e. The van der Waals surface area contributed by atoms with Crippen LogP contribution in [0.5, 0.6) is 0 Å². The first-order valence-electron chi connectivity index (χ1n) is 6.74. The fraction of sp³-hybridized carbons (Fsp3) is 0.571. The standard InChI is InChI=1S/C14H19FN2O2/c15-12-2-1-3-13(11(12)10-16)17-6-4-14(5-7-17)18-8-9-19-14/h1-3H,4-10,16H2. The van der Waals surface area contributed by atoms with Crippen molar-refractivity contribution in [3.63, 3.8) is 0 Å². The summed E-state index contributed by atoms with van der Waals surface area (Å²) in [5.41, 5.74) is 7.15. The third-order valence-corrected chi connectivity index (χ3v) is 3.98. The van der Waals surface area contributed by atoms with Gasteiger partial charge in [-0.2, -0.15) is 0 Å². The van der Waals surface area contributed by atoms with Gasteiger partial charge in [-0.1, -0.05) is 6.07 Å². The van der Waals surface area contributed by atoms with Gasteiger partial charge in [-0.05, 0) is 12.1 Å². The summed E-state index contributed by atoms with van der Waals surface area (Å²) in [6, 6.07) is 5.12. The Kier molecular flexibility index (Phi) is 3.43. The van der Waals surface area contributed by atoms with Crippen molar-refractivity contribution in [1.82, 2.24) is 0 Å². The fourth-order valence-electron chi connectivity index (χ4n) is 2.92. The molecule has 0 unspecified atom stereocenters. The predicted molar refractivity (Wildman–Crippen MR) is 70.4 cm³/mol. The van der Waals surface area contributed by atoms with Crippen LogP contribution in [0.1, 0.15) is 18.4 Å². The topological polar surface area (TPSA) is 47.7 Å². The molecule has 0 amide bonds. The van der Waals surface area contributed by atoms with Crippen LogP contribution in [0.15, 0.2) is 18.2 Å². The molecule has 2 N–H and O–H groups in total. The quantitative estimate of drug-likeness (QED) is 0.884. The van der Waals surface area contributed by atoms with E-state index in [1.165, 1.54) is 6.07 Å². The highest BCUT2D eigenvalue weighted by Gasteiger charge is 2.40. The Labute approximate surface area is 112 Å². The second-order valence-corrected chi connectivity index (χ2v) is 5.04. The van der Waals surface area contributed by atoms with E-state index in [-0.39, 0.29) is 12.4 Å². The second kappa shape index (κ2) is 5.07. The van der Waals surface area contributed by atoms with Gasteiger partial charge in [0.25, 0.3) is 0 Å². The average Bonchev–Trinajstić information content (AvgIpc) is 2.88. The number of nitrogens with zero attached hydrogens (tertiary/aromatic N) is 1. The van der Waals surface area contributed by atoms with Gasteiger partial charge in [-0.25, -0.2) is 4.39 Å². The lowest BCUT2D eigenvalue weighted by atomic mass is 10.0. The van der Waals surface area contributed by atoms with Crippen LogP contribution in [0.25, 0.3) is 0 Å². The van der Waals surface area contributed by atoms with Crippen LogP contribution in [-0.2, 0) is 16.0 Å². The largest absolute Gasteiger partial charge is 0.371 e. The molecule has 0 aliphatic carbocycles. The molecule has 1 spiro atoms. The predicted octanol–water partition coefficient (Wildman–Crippen LogP) is 1.63. The summed E-state index contributed by atoms with van der Waals surface area (Å²) in [6.45, 7) is 3.17. The Balaban J connectivity index is 1.76. The third-order valence-electron chi connectivity index (χ3n) is 3.98. The molecular weight excluding hydrogens is 247 g/mol. The lowest BCUT2D eigenvalue weighted by molar-refractivity contribution is -0.169. The molecule has 1 aromatic rings.